The van der Waals surface area contributed by atoms with Crippen molar-refractivity contribution in [3.8, 4) is 5.75 Å². The number of rotatable bonds is 6. The van der Waals surface area contributed by atoms with Gasteiger partial charge in [0.05, 0.1) is 13.7 Å². The first-order valence-electron chi connectivity index (χ1n) is 9.43. The number of ether oxygens (including phenoxy) is 1. The number of nitrogens with zero attached hydrogens (tertiary/aromatic N) is 1. The molecule has 158 valence electrons. The Hall–Kier alpha value is -2.28. The van der Waals surface area contributed by atoms with Crippen LogP contribution in [0.2, 0.25) is 0 Å². The van der Waals surface area contributed by atoms with Gasteiger partial charge in [-0.05, 0) is 48.1 Å². The molecule has 1 aliphatic heterocycles. The van der Waals surface area contributed by atoms with Gasteiger partial charge in [-0.3, -0.25) is 0 Å². The number of aliphatic hydroxyl groups is 1. The first-order valence-corrected chi connectivity index (χ1v) is 9.43. The molecule has 1 atom stereocenters. The summed E-state index contributed by atoms with van der Waals surface area (Å²) < 4.78 is 61.2. The van der Waals surface area contributed by atoms with Gasteiger partial charge in [0.2, 0.25) is 0 Å². The van der Waals surface area contributed by atoms with E-state index in [0.717, 1.165) is 5.56 Å². The number of benzene rings is 2. The van der Waals surface area contributed by atoms with Crippen LogP contribution in [0, 0.1) is 5.82 Å². The zero-order chi connectivity index (χ0) is 21.4. The molecule has 2 aromatic rings. The molecule has 0 aromatic heterocycles. The van der Waals surface area contributed by atoms with Gasteiger partial charge < -0.3 is 14.7 Å². The molecule has 0 spiro atoms. The van der Waals surface area contributed by atoms with Crippen LogP contribution in [0.1, 0.15) is 31.4 Å². The van der Waals surface area contributed by atoms with E-state index in [9.17, 15) is 22.7 Å². The molecule has 0 bridgehead atoms. The van der Waals surface area contributed by atoms with Crippen LogP contribution in [0.15, 0.2) is 42.5 Å². The summed E-state index contributed by atoms with van der Waals surface area (Å²) in [6, 6.07) is 11.0. The van der Waals surface area contributed by atoms with Crippen molar-refractivity contribution < 1.29 is 27.4 Å². The van der Waals surface area contributed by atoms with Crippen molar-refractivity contribution in [2.75, 3.05) is 25.1 Å². The highest BCUT2D eigenvalue weighted by Gasteiger charge is 2.57. The number of hydrogen-bond acceptors (Lipinski definition) is 3. The Labute approximate surface area is 167 Å². The molecule has 0 aliphatic carbocycles. The first kappa shape index (κ1) is 21.4. The largest absolute Gasteiger partial charge is 0.496 e. The number of hydrogen-bond donors (Lipinski definition) is 1. The van der Waals surface area contributed by atoms with Crippen LogP contribution >= 0.6 is 0 Å². The first-order chi connectivity index (χ1) is 13.5. The lowest BCUT2D eigenvalue weighted by atomic mass is 9.74. The minimum atomic E-state index is -4.86. The van der Waals surface area contributed by atoms with Crippen LogP contribution in [0.4, 0.5) is 23.2 Å². The van der Waals surface area contributed by atoms with Crippen LogP contribution in [0.25, 0.3) is 0 Å². The van der Waals surface area contributed by atoms with Gasteiger partial charge in [0.1, 0.15) is 11.6 Å². The third-order valence-electron chi connectivity index (χ3n) is 5.59. The van der Waals surface area contributed by atoms with Crippen LogP contribution in [0.3, 0.4) is 0 Å². The maximum atomic E-state index is 14.1. The van der Waals surface area contributed by atoms with Gasteiger partial charge in [0.15, 0.2) is 5.60 Å². The van der Waals surface area contributed by atoms with E-state index < -0.39 is 36.0 Å². The lowest BCUT2D eigenvalue weighted by Crippen LogP contribution is -2.56. The summed E-state index contributed by atoms with van der Waals surface area (Å²) >= 11 is 0. The summed E-state index contributed by atoms with van der Waals surface area (Å²) in [5, 5.41) is 10.9. The highest BCUT2D eigenvalue weighted by Crippen LogP contribution is 2.45. The van der Waals surface area contributed by atoms with Crippen LogP contribution in [-0.2, 0) is 11.8 Å². The number of para-hydroxylation sites is 1. The van der Waals surface area contributed by atoms with Crippen LogP contribution in [0.5, 0.6) is 5.75 Å². The Bertz CT molecular complexity index is 881. The maximum absolute atomic E-state index is 14.1. The normalized spacial score (nSPS) is 16.5. The van der Waals surface area contributed by atoms with E-state index in [1.807, 2.05) is 12.1 Å². The van der Waals surface area contributed by atoms with E-state index in [1.165, 1.54) is 25.3 Å². The summed E-state index contributed by atoms with van der Waals surface area (Å²) in [4.78, 5) is 1.57. The molecule has 0 saturated heterocycles. The van der Waals surface area contributed by atoms with Crippen LogP contribution < -0.4 is 9.64 Å². The second-order valence-electron chi connectivity index (χ2n) is 8.23. The Balaban J connectivity index is 1.94. The predicted molar refractivity (Wildman–Crippen MR) is 104 cm³/mol. The predicted octanol–water partition coefficient (Wildman–Crippen LogP) is 4.86. The molecule has 29 heavy (non-hydrogen) atoms. The summed E-state index contributed by atoms with van der Waals surface area (Å²) in [6.07, 6.45) is -4.87. The summed E-state index contributed by atoms with van der Waals surface area (Å²) in [7, 11) is 1.38. The third kappa shape index (κ3) is 4.20. The molecule has 2 aromatic carbocycles. The zero-order valence-electron chi connectivity index (χ0n) is 16.7. The van der Waals surface area contributed by atoms with Gasteiger partial charge in [-0.1, -0.05) is 32.0 Å². The van der Waals surface area contributed by atoms with Gasteiger partial charge in [-0.2, -0.15) is 13.2 Å². The molecule has 3 nitrogen and oxygen atoms in total. The molecule has 0 saturated carbocycles. The molecule has 1 heterocycles. The smallest absolute Gasteiger partial charge is 0.418 e. The molecule has 1 aliphatic rings. The maximum Gasteiger partial charge on any atom is 0.418 e. The van der Waals surface area contributed by atoms with E-state index in [0.29, 0.717) is 18.7 Å². The number of alkyl halides is 3. The van der Waals surface area contributed by atoms with Crippen molar-refractivity contribution in [3.63, 3.8) is 0 Å². The quantitative estimate of drug-likeness (QED) is 0.690. The minimum Gasteiger partial charge on any atom is -0.496 e. The lowest BCUT2D eigenvalue weighted by Gasteiger charge is -2.40. The molecule has 1 unspecified atom stereocenters. The van der Waals surface area contributed by atoms with E-state index in [4.69, 9.17) is 4.74 Å². The van der Waals surface area contributed by atoms with Gasteiger partial charge in [-0.15, -0.1) is 0 Å². The van der Waals surface area contributed by atoms with Crippen molar-refractivity contribution in [2.24, 2.45) is 0 Å². The second-order valence-corrected chi connectivity index (χ2v) is 8.23. The SMILES string of the molecule is COc1ccc(F)cc1C(C)(C)CC(O)(CN1CCc2ccccc21)C(F)(F)F. The van der Waals surface area contributed by atoms with Crippen molar-refractivity contribution >= 4 is 5.69 Å². The van der Waals surface area contributed by atoms with Crippen LogP contribution in [-0.4, -0.2) is 37.1 Å². The second kappa shape index (κ2) is 7.52. The summed E-state index contributed by atoms with van der Waals surface area (Å²) in [5.41, 5.74) is -2.23. The summed E-state index contributed by atoms with van der Waals surface area (Å²) in [5.74, 6) is -0.287. The Morgan fingerprint density at radius 2 is 1.79 bits per heavy atom. The molecular formula is C22H25F4NO2. The van der Waals surface area contributed by atoms with Crippen molar-refractivity contribution in [2.45, 2.75) is 43.9 Å². The average molecular weight is 411 g/mol. The Morgan fingerprint density at radius 1 is 1.10 bits per heavy atom. The monoisotopic (exact) mass is 411 g/mol. The molecular weight excluding hydrogens is 386 g/mol. The van der Waals surface area contributed by atoms with Gasteiger partial charge in [-0.25, -0.2) is 4.39 Å². The fourth-order valence-corrected chi connectivity index (χ4v) is 4.17. The number of halogens is 4. The van der Waals surface area contributed by atoms with E-state index in [-0.39, 0.29) is 11.3 Å². The van der Waals surface area contributed by atoms with E-state index in [1.54, 1.807) is 30.9 Å². The van der Waals surface area contributed by atoms with E-state index in [2.05, 4.69) is 0 Å². The fraction of sp³-hybridized carbons (Fsp3) is 0.455. The van der Waals surface area contributed by atoms with Crippen molar-refractivity contribution in [3.05, 3.63) is 59.4 Å². The number of β-amino-alcohol motifs (C(OH)–C–C–N with tert-alkyl or cyclic N) is 1. The fourth-order valence-electron chi connectivity index (χ4n) is 4.17. The molecule has 3 rings (SSSR count). The van der Waals surface area contributed by atoms with Gasteiger partial charge >= 0.3 is 6.18 Å². The average Bonchev–Trinajstić information content (AvgIpc) is 3.03. The number of methoxy groups -OCH3 is 1. The van der Waals surface area contributed by atoms with Crippen molar-refractivity contribution in [1.29, 1.82) is 0 Å². The molecule has 0 radical (unpaired) electrons. The molecule has 0 amide bonds. The minimum absolute atomic E-state index is 0.282. The van der Waals surface area contributed by atoms with Gasteiger partial charge in [0, 0.05) is 17.8 Å². The summed E-state index contributed by atoms with van der Waals surface area (Å²) in [6.45, 7) is 2.92. The lowest BCUT2D eigenvalue weighted by molar-refractivity contribution is -0.262. The molecule has 0 fully saturated rings. The Kier molecular flexibility index (Phi) is 5.56. The number of fused-ring (bicyclic) bond motifs is 1. The van der Waals surface area contributed by atoms with E-state index >= 15 is 0 Å². The highest BCUT2D eigenvalue weighted by molar-refractivity contribution is 5.58. The van der Waals surface area contributed by atoms with Crippen molar-refractivity contribution in [1.82, 2.24) is 0 Å². The molecule has 1 N–H and O–H groups in total. The Morgan fingerprint density at radius 3 is 2.45 bits per heavy atom. The topological polar surface area (TPSA) is 32.7 Å². The molecule has 7 heteroatoms. The zero-order valence-corrected chi connectivity index (χ0v) is 16.7. The highest BCUT2D eigenvalue weighted by atomic mass is 19.4. The third-order valence-corrected chi connectivity index (χ3v) is 5.59. The standard InChI is InChI=1S/C22H25F4NO2/c1-20(2,17-12-16(23)8-9-19(17)29-3)13-21(28,22(24,25)26)14-27-11-10-15-6-4-5-7-18(15)27/h4-9,12,28H,10-11,13-14H2,1-3H3. The van der Waals surface area contributed by atoms with Gasteiger partial charge in [0.25, 0.3) is 0 Å². The number of anilines is 1.